The van der Waals surface area contributed by atoms with E-state index in [1.807, 2.05) is 25.1 Å². The number of nitro groups is 1. The Kier molecular flexibility index (Phi) is 6.73. The van der Waals surface area contributed by atoms with Gasteiger partial charge in [-0.3, -0.25) is 10.1 Å². The standard InChI is InChI=1S/C19H19NO6/c1-3-15-6-4-5-7-16(15)25-13-19(21)26-17-9-8-14(10-11-20(22)23)12-18(17)24-2/h4-12H,3,13H2,1-2H3/b11-10+. The molecule has 0 N–H and O–H groups in total. The molecule has 26 heavy (non-hydrogen) atoms. The third-order valence-corrected chi connectivity index (χ3v) is 3.50. The maximum absolute atomic E-state index is 12.0. The first-order valence-corrected chi connectivity index (χ1v) is 7.94. The third-order valence-electron chi connectivity index (χ3n) is 3.50. The van der Waals surface area contributed by atoms with Gasteiger partial charge in [0.2, 0.25) is 6.20 Å². The summed E-state index contributed by atoms with van der Waals surface area (Å²) in [6.45, 7) is 1.75. The molecule has 0 fully saturated rings. The summed E-state index contributed by atoms with van der Waals surface area (Å²) in [6.07, 6.45) is 2.93. The second-order valence-corrected chi connectivity index (χ2v) is 5.24. The van der Waals surface area contributed by atoms with Crippen molar-refractivity contribution in [2.75, 3.05) is 13.7 Å². The Labute approximate surface area is 151 Å². The molecule has 0 aromatic heterocycles. The number of para-hydroxylation sites is 1. The number of nitrogens with zero attached hydrogens (tertiary/aromatic N) is 1. The highest BCUT2D eigenvalue weighted by molar-refractivity contribution is 5.75. The lowest BCUT2D eigenvalue weighted by Gasteiger charge is -2.12. The van der Waals surface area contributed by atoms with Crippen molar-refractivity contribution in [1.29, 1.82) is 0 Å². The van der Waals surface area contributed by atoms with E-state index in [4.69, 9.17) is 14.2 Å². The Bertz CT molecular complexity index is 815. The fourth-order valence-electron chi connectivity index (χ4n) is 2.24. The van der Waals surface area contributed by atoms with Gasteiger partial charge in [-0.15, -0.1) is 0 Å². The van der Waals surface area contributed by atoms with Crippen LogP contribution in [0.15, 0.2) is 48.7 Å². The van der Waals surface area contributed by atoms with E-state index in [9.17, 15) is 14.9 Å². The molecule has 0 amide bonds. The van der Waals surface area contributed by atoms with Crippen LogP contribution in [0.4, 0.5) is 0 Å². The third kappa shape index (κ3) is 5.34. The smallest absolute Gasteiger partial charge is 0.349 e. The van der Waals surface area contributed by atoms with Gasteiger partial charge >= 0.3 is 5.97 Å². The highest BCUT2D eigenvalue weighted by Crippen LogP contribution is 2.29. The molecule has 2 rings (SSSR count). The number of esters is 1. The summed E-state index contributed by atoms with van der Waals surface area (Å²) in [7, 11) is 1.42. The van der Waals surface area contributed by atoms with Crippen LogP contribution in [-0.4, -0.2) is 24.6 Å². The van der Waals surface area contributed by atoms with Crippen molar-refractivity contribution < 1.29 is 23.9 Å². The summed E-state index contributed by atoms with van der Waals surface area (Å²) >= 11 is 0. The number of methoxy groups -OCH3 is 1. The summed E-state index contributed by atoms with van der Waals surface area (Å²) in [6, 6.07) is 12.1. The van der Waals surface area contributed by atoms with E-state index in [0.29, 0.717) is 11.3 Å². The molecule has 0 aliphatic rings. The number of ether oxygens (including phenoxy) is 3. The molecule has 0 heterocycles. The van der Waals surface area contributed by atoms with Gasteiger partial charge in [-0.25, -0.2) is 4.79 Å². The van der Waals surface area contributed by atoms with E-state index < -0.39 is 10.9 Å². The zero-order valence-corrected chi connectivity index (χ0v) is 14.5. The molecule has 7 nitrogen and oxygen atoms in total. The van der Waals surface area contributed by atoms with Crippen molar-refractivity contribution in [3.05, 3.63) is 69.9 Å². The Balaban J connectivity index is 2.03. The SMILES string of the molecule is CCc1ccccc1OCC(=O)Oc1ccc(/C=C/[N+](=O)[O-])cc1OC. The van der Waals surface area contributed by atoms with Crippen molar-refractivity contribution >= 4 is 12.0 Å². The molecule has 0 aliphatic heterocycles. The average Bonchev–Trinajstić information content (AvgIpc) is 2.65. The monoisotopic (exact) mass is 357 g/mol. The van der Waals surface area contributed by atoms with Crippen LogP contribution < -0.4 is 14.2 Å². The topological polar surface area (TPSA) is 87.9 Å². The van der Waals surface area contributed by atoms with Gasteiger partial charge in [0, 0.05) is 6.08 Å². The van der Waals surface area contributed by atoms with Crippen LogP contribution >= 0.6 is 0 Å². The number of benzene rings is 2. The summed E-state index contributed by atoms with van der Waals surface area (Å²) in [4.78, 5) is 21.9. The number of hydrogen-bond donors (Lipinski definition) is 0. The largest absolute Gasteiger partial charge is 0.493 e. The molecule has 0 saturated heterocycles. The first kappa shape index (κ1) is 19.0. The van der Waals surface area contributed by atoms with Crippen LogP contribution in [0.1, 0.15) is 18.1 Å². The predicted molar refractivity (Wildman–Crippen MR) is 96.0 cm³/mol. The van der Waals surface area contributed by atoms with Gasteiger partial charge in [-0.1, -0.05) is 31.2 Å². The molecule has 0 radical (unpaired) electrons. The van der Waals surface area contributed by atoms with Crippen LogP contribution in [0.3, 0.4) is 0 Å². The molecule has 2 aromatic rings. The second kappa shape index (κ2) is 9.22. The average molecular weight is 357 g/mol. The summed E-state index contributed by atoms with van der Waals surface area (Å²) in [5.41, 5.74) is 1.55. The maximum atomic E-state index is 12.0. The van der Waals surface area contributed by atoms with Gasteiger partial charge in [0.05, 0.1) is 12.0 Å². The maximum Gasteiger partial charge on any atom is 0.349 e. The number of rotatable bonds is 8. The van der Waals surface area contributed by atoms with Crippen LogP contribution in [-0.2, 0) is 11.2 Å². The van der Waals surface area contributed by atoms with Gasteiger partial charge in [0.25, 0.3) is 0 Å². The van der Waals surface area contributed by atoms with E-state index in [1.54, 1.807) is 12.1 Å². The Morgan fingerprint density at radius 2 is 1.92 bits per heavy atom. The van der Waals surface area contributed by atoms with Gasteiger partial charge < -0.3 is 14.2 Å². The summed E-state index contributed by atoms with van der Waals surface area (Å²) in [5, 5.41) is 10.4. The Morgan fingerprint density at radius 1 is 1.15 bits per heavy atom. The Morgan fingerprint density at radius 3 is 2.62 bits per heavy atom. The van der Waals surface area contributed by atoms with Gasteiger partial charge in [-0.2, -0.15) is 0 Å². The van der Waals surface area contributed by atoms with Crippen LogP contribution in [0, 0.1) is 10.1 Å². The fourth-order valence-corrected chi connectivity index (χ4v) is 2.24. The van der Waals surface area contributed by atoms with Crippen LogP contribution in [0.2, 0.25) is 0 Å². The number of aryl methyl sites for hydroxylation is 1. The summed E-state index contributed by atoms with van der Waals surface area (Å²) in [5.74, 6) is 0.558. The first-order valence-electron chi connectivity index (χ1n) is 7.94. The van der Waals surface area contributed by atoms with Crippen molar-refractivity contribution in [3.63, 3.8) is 0 Å². The molecule has 136 valence electrons. The highest BCUT2D eigenvalue weighted by Gasteiger charge is 2.12. The van der Waals surface area contributed by atoms with Crippen LogP contribution in [0.5, 0.6) is 17.2 Å². The molecular weight excluding hydrogens is 338 g/mol. The van der Waals surface area contributed by atoms with E-state index in [1.165, 1.54) is 25.3 Å². The lowest BCUT2D eigenvalue weighted by Crippen LogP contribution is -2.18. The molecule has 0 aliphatic carbocycles. The van der Waals surface area contributed by atoms with E-state index in [0.717, 1.165) is 18.2 Å². The normalized spacial score (nSPS) is 10.5. The summed E-state index contributed by atoms with van der Waals surface area (Å²) < 4.78 is 16.0. The van der Waals surface area contributed by atoms with Gasteiger partial charge in [0.1, 0.15) is 5.75 Å². The molecule has 0 spiro atoms. The molecule has 0 saturated carbocycles. The molecule has 0 bridgehead atoms. The van der Waals surface area contributed by atoms with E-state index in [-0.39, 0.29) is 18.1 Å². The van der Waals surface area contributed by atoms with Gasteiger partial charge in [0.15, 0.2) is 18.1 Å². The zero-order chi connectivity index (χ0) is 18.9. The van der Waals surface area contributed by atoms with E-state index >= 15 is 0 Å². The second-order valence-electron chi connectivity index (χ2n) is 5.24. The molecule has 2 aromatic carbocycles. The zero-order valence-electron chi connectivity index (χ0n) is 14.5. The van der Waals surface area contributed by atoms with Crippen molar-refractivity contribution in [2.45, 2.75) is 13.3 Å². The first-order chi connectivity index (χ1) is 12.5. The van der Waals surface area contributed by atoms with E-state index in [2.05, 4.69) is 0 Å². The quantitative estimate of drug-likeness (QED) is 0.311. The molecular formula is C19H19NO6. The van der Waals surface area contributed by atoms with Crippen molar-refractivity contribution in [1.82, 2.24) is 0 Å². The molecule has 0 atom stereocenters. The minimum Gasteiger partial charge on any atom is -0.493 e. The minimum atomic E-state index is -0.581. The number of hydrogen-bond acceptors (Lipinski definition) is 6. The van der Waals surface area contributed by atoms with Crippen LogP contribution in [0.25, 0.3) is 6.08 Å². The number of carbonyl (C=O) groups is 1. The number of carbonyl (C=O) groups excluding carboxylic acids is 1. The predicted octanol–water partition coefficient (Wildman–Crippen LogP) is 3.49. The lowest BCUT2D eigenvalue weighted by molar-refractivity contribution is -0.400. The van der Waals surface area contributed by atoms with Gasteiger partial charge in [-0.05, 0) is 35.7 Å². The highest BCUT2D eigenvalue weighted by atomic mass is 16.6. The fraction of sp³-hybridized carbons (Fsp3) is 0.211. The minimum absolute atomic E-state index is 0.211. The Hall–Kier alpha value is -3.35. The van der Waals surface area contributed by atoms with Crippen molar-refractivity contribution in [2.24, 2.45) is 0 Å². The molecule has 7 heteroatoms. The van der Waals surface area contributed by atoms with Crippen molar-refractivity contribution in [3.8, 4) is 17.2 Å². The molecule has 0 unspecified atom stereocenters. The lowest BCUT2D eigenvalue weighted by atomic mass is 10.1.